The number of anilines is 1. The monoisotopic (exact) mass is 518 g/mol. The van der Waals surface area contributed by atoms with E-state index in [1.807, 2.05) is 44.8 Å². The van der Waals surface area contributed by atoms with Gasteiger partial charge in [0.05, 0.1) is 18.4 Å². The fourth-order valence-electron chi connectivity index (χ4n) is 4.71. The van der Waals surface area contributed by atoms with Crippen LogP contribution in [0.1, 0.15) is 44.2 Å². The topological polar surface area (TPSA) is 61.2 Å². The molecule has 0 saturated heterocycles. The van der Waals surface area contributed by atoms with Gasteiger partial charge in [0.25, 0.3) is 0 Å². The summed E-state index contributed by atoms with van der Waals surface area (Å²) in [5, 5.41) is 6.47. The number of hydrogen-bond acceptors (Lipinski definition) is 5. The Balaban J connectivity index is 1.51. The number of ether oxygens (including phenoxy) is 2. The SMILES string of the molecule is C/C=S(/Nc1cccc(F)n1)c1ccc2c(c1)OCCC2c1ccc(OC(C)C)cc1-c1ccnn1C. The molecular weight excluding hydrogens is 487 g/mol. The Labute approximate surface area is 219 Å². The van der Waals surface area contributed by atoms with Crippen molar-refractivity contribution in [1.82, 2.24) is 14.8 Å². The summed E-state index contributed by atoms with van der Waals surface area (Å²) >= 11 is 0. The number of nitrogens with zero attached hydrogens (tertiary/aromatic N) is 3. The molecule has 1 aliphatic heterocycles. The molecule has 37 heavy (non-hydrogen) atoms. The molecule has 5 rings (SSSR count). The largest absolute Gasteiger partial charge is 0.493 e. The summed E-state index contributed by atoms with van der Waals surface area (Å²) in [5.74, 6) is 1.89. The molecule has 1 aliphatic rings. The number of nitrogens with one attached hydrogen (secondary N) is 1. The van der Waals surface area contributed by atoms with Crippen molar-refractivity contribution in [2.75, 3.05) is 11.3 Å². The maximum Gasteiger partial charge on any atom is 0.214 e. The number of aromatic nitrogens is 3. The van der Waals surface area contributed by atoms with Crippen LogP contribution in [0.3, 0.4) is 0 Å². The summed E-state index contributed by atoms with van der Waals surface area (Å²) in [6, 6.07) is 19.5. The summed E-state index contributed by atoms with van der Waals surface area (Å²) in [5.41, 5.74) is 4.53. The number of hydrogen-bond donors (Lipinski definition) is 1. The highest BCUT2D eigenvalue weighted by Crippen LogP contribution is 2.44. The maximum atomic E-state index is 13.6. The van der Waals surface area contributed by atoms with Crippen molar-refractivity contribution >= 4 is 21.9 Å². The second kappa shape index (κ2) is 10.8. The first-order valence-electron chi connectivity index (χ1n) is 12.4. The number of fused-ring (bicyclic) bond motifs is 1. The van der Waals surface area contributed by atoms with Crippen LogP contribution < -0.4 is 14.2 Å². The van der Waals surface area contributed by atoms with Crippen LogP contribution in [0.5, 0.6) is 11.5 Å². The fourth-order valence-corrected chi connectivity index (χ4v) is 6.00. The number of pyridine rings is 1. The van der Waals surface area contributed by atoms with Gasteiger partial charge in [-0.05, 0) is 80.6 Å². The average molecular weight is 519 g/mol. The highest BCUT2D eigenvalue weighted by molar-refractivity contribution is 8.16. The molecule has 0 radical (unpaired) electrons. The van der Waals surface area contributed by atoms with E-state index in [9.17, 15) is 4.39 Å². The van der Waals surface area contributed by atoms with Gasteiger partial charge in [0.2, 0.25) is 5.95 Å². The average Bonchev–Trinajstić information content (AvgIpc) is 3.32. The van der Waals surface area contributed by atoms with Crippen LogP contribution in [-0.2, 0) is 7.05 Å². The standard InChI is InChI=1S/C29H31FN4O2S/c1-5-37(33-29-8-6-7-28(30)32-29)21-10-12-24-23(14-16-35-27(24)18-21)22-11-9-20(36-19(2)3)17-25(22)26-13-15-31-34(26)4/h5-13,15,17-19,23H,14,16H2,1-4H3,(H,32,33). The predicted molar refractivity (Wildman–Crippen MR) is 148 cm³/mol. The third kappa shape index (κ3) is 5.39. The minimum Gasteiger partial charge on any atom is -0.493 e. The van der Waals surface area contributed by atoms with E-state index < -0.39 is 16.6 Å². The van der Waals surface area contributed by atoms with Crippen molar-refractivity contribution < 1.29 is 13.9 Å². The first-order chi connectivity index (χ1) is 17.9. The van der Waals surface area contributed by atoms with E-state index in [1.165, 1.54) is 11.6 Å². The van der Waals surface area contributed by atoms with Gasteiger partial charge in [0, 0.05) is 35.2 Å². The number of rotatable bonds is 7. The Hall–Kier alpha value is -3.65. The molecule has 8 heteroatoms. The minimum atomic E-state index is -0.504. The highest BCUT2D eigenvalue weighted by atomic mass is 32.2. The molecule has 192 valence electrons. The molecule has 0 bridgehead atoms. The Kier molecular flexibility index (Phi) is 7.28. The molecule has 2 atom stereocenters. The molecule has 2 aromatic heterocycles. The number of aryl methyl sites for hydroxylation is 1. The van der Waals surface area contributed by atoms with E-state index in [0.29, 0.717) is 12.4 Å². The van der Waals surface area contributed by atoms with Crippen molar-refractivity contribution in [3.8, 4) is 22.8 Å². The van der Waals surface area contributed by atoms with Gasteiger partial charge in [-0.15, -0.1) is 0 Å². The summed E-state index contributed by atoms with van der Waals surface area (Å²) in [7, 11) is 1.50. The van der Waals surface area contributed by atoms with Crippen molar-refractivity contribution in [3.63, 3.8) is 0 Å². The van der Waals surface area contributed by atoms with E-state index in [-0.39, 0.29) is 12.0 Å². The van der Waals surface area contributed by atoms with E-state index in [4.69, 9.17) is 9.47 Å². The molecule has 0 spiro atoms. The molecule has 0 amide bonds. The molecule has 4 aromatic rings. The molecule has 2 unspecified atom stereocenters. The first-order valence-corrected chi connectivity index (χ1v) is 13.7. The van der Waals surface area contributed by atoms with Crippen molar-refractivity contribution in [2.45, 2.75) is 44.1 Å². The van der Waals surface area contributed by atoms with Gasteiger partial charge >= 0.3 is 0 Å². The molecule has 0 saturated carbocycles. The smallest absolute Gasteiger partial charge is 0.214 e. The van der Waals surface area contributed by atoms with Crippen LogP contribution in [0.4, 0.5) is 10.2 Å². The lowest BCUT2D eigenvalue weighted by Crippen LogP contribution is -2.16. The summed E-state index contributed by atoms with van der Waals surface area (Å²) in [6.07, 6.45) is 2.79. The Morgan fingerprint density at radius 2 is 1.97 bits per heavy atom. The van der Waals surface area contributed by atoms with Crippen LogP contribution in [0, 0.1) is 5.95 Å². The zero-order valence-corrected chi connectivity index (χ0v) is 22.3. The summed E-state index contributed by atoms with van der Waals surface area (Å²) in [4.78, 5) is 5.01. The zero-order chi connectivity index (χ0) is 25.9. The van der Waals surface area contributed by atoms with Gasteiger partial charge in [-0.2, -0.15) is 9.49 Å². The normalized spacial score (nSPS) is 15.8. The van der Waals surface area contributed by atoms with Crippen molar-refractivity contribution in [3.05, 3.63) is 83.9 Å². The summed E-state index contributed by atoms with van der Waals surface area (Å²) < 4.78 is 31.0. The van der Waals surface area contributed by atoms with E-state index in [1.54, 1.807) is 12.1 Å². The third-order valence-electron chi connectivity index (χ3n) is 6.31. The second-order valence-electron chi connectivity index (χ2n) is 9.17. The molecule has 2 aromatic carbocycles. The lowest BCUT2D eigenvalue weighted by Gasteiger charge is -2.29. The third-order valence-corrected chi connectivity index (χ3v) is 7.97. The van der Waals surface area contributed by atoms with Gasteiger partial charge in [-0.25, -0.2) is 4.98 Å². The van der Waals surface area contributed by atoms with Gasteiger partial charge in [0.1, 0.15) is 17.3 Å². The molecule has 3 heterocycles. The minimum absolute atomic E-state index is 0.0906. The van der Waals surface area contributed by atoms with Crippen LogP contribution in [-0.4, -0.2) is 32.8 Å². The molecular formula is C29H31FN4O2S. The predicted octanol–water partition coefficient (Wildman–Crippen LogP) is 6.80. The molecule has 0 aliphatic carbocycles. The van der Waals surface area contributed by atoms with Gasteiger partial charge in [-0.3, -0.25) is 4.68 Å². The first kappa shape index (κ1) is 25.0. The van der Waals surface area contributed by atoms with Crippen LogP contribution in [0.15, 0.2) is 71.8 Å². The van der Waals surface area contributed by atoms with E-state index in [2.05, 4.69) is 56.6 Å². The zero-order valence-electron chi connectivity index (χ0n) is 21.4. The van der Waals surface area contributed by atoms with E-state index in [0.717, 1.165) is 39.6 Å². The lowest BCUT2D eigenvalue weighted by atomic mass is 9.83. The number of halogens is 1. The summed E-state index contributed by atoms with van der Waals surface area (Å²) in [6.45, 7) is 6.67. The fraction of sp³-hybridized carbons (Fsp3) is 0.276. The van der Waals surface area contributed by atoms with Crippen LogP contribution in [0.25, 0.3) is 11.3 Å². The highest BCUT2D eigenvalue weighted by Gasteiger charge is 2.27. The van der Waals surface area contributed by atoms with Crippen molar-refractivity contribution in [1.29, 1.82) is 0 Å². The second-order valence-corrected chi connectivity index (χ2v) is 11.0. The van der Waals surface area contributed by atoms with E-state index >= 15 is 0 Å². The lowest BCUT2D eigenvalue weighted by molar-refractivity contribution is 0.242. The van der Waals surface area contributed by atoms with Crippen molar-refractivity contribution in [2.24, 2.45) is 7.05 Å². The van der Waals surface area contributed by atoms with Gasteiger partial charge < -0.3 is 14.2 Å². The maximum absolute atomic E-state index is 13.6. The molecule has 0 fully saturated rings. The quantitative estimate of drug-likeness (QED) is 0.215. The molecule has 1 N–H and O–H groups in total. The van der Waals surface area contributed by atoms with Gasteiger partial charge in [-0.1, -0.05) is 28.9 Å². The van der Waals surface area contributed by atoms with Crippen LogP contribution >= 0.6 is 10.7 Å². The molecule has 6 nitrogen and oxygen atoms in total. The van der Waals surface area contributed by atoms with Gasteiger partial charge in [0.15, 0.2) is 0 Å². The Bertz CT molecular complexity index is 1450. The van der Waals surface area contributed by atoms with Crippen LogP contribution in [0.2, 0.25) is 0 Å². The Morgan fingerprint density at radius 1 is 1.14 bits per heavy atom. The Morgan fingerprint density at radius 3 is 2.70 bits per heavy atom. The number of benzene rings is 2.